The number of fused-ring (bicyclic) bond motifs is 1. The van der Waals surface area contributed by atoms with Crippen molar-refractivity contribution in [1.29, 1.82) is 5.26 Å². The van der Waals surface area contributed by atoms with Gasteiger partial charge in [-0.15, -0.1) is 0 Å². The number of hydrogen-bond donors (Lipinski definition) is 0. The molecule has 6 nitrogen and oxygen atoms in total. The van der Waals surface area contributed by atoms with Crippen LogP contribution in [0.1, 0.15) is 48.2 Å². The summed E-state index contributed by atoms with van der Waals surface area (Å²) in [7, 11) is 0. The summed E-state index contributed by atoms with van der Waals surface area (Å²) in [5, 5.41) is 9.57. The molecule has 2 aliphatic rings. The summed E-state index contributed by atoms with van der Waals surface area (Å²) in [6, 6.07) is 4.78. The number of hydrogen-bond acceptors (Lipinski definition) is 5. The molecule has 30 heavy (non-hydrogen) atoms. The van der Waals surface area contributed by atoms with Crippen LogP contribution in [-0.4, -0.2) is 27.6 Å². The summed E-state index contributed by atoms with van der Waals surface area (Å²) in [4.78, 5) is 22.3. The SMILES string of the molecule is N#Cc1cc2c(nc1N1CCC(Cn3cnc(C(F)(F)F)cc3=O)CC1)CCCC2. The first-order valence-electron chi connectivity index (χ1n) is 10.2. The Kier molecular flexibility index (Phi) is 5.50. The highest BCUT2D eigenvalue weighted by Crippen LogP contribution is 2.30. The van der Waals surface area contributed by atoms with Crippen molar-refractivity contribution >= 4 is 5.82 Å². The van der Waals surface area contributed by atoms with E-state index in [1.165, 1.54) is 10.1 Å². The molecule has 0 saturated carbocycles. The maximum atomic E-state index is 12.7. The molecule has 0 unspecified atom stereocenters. The van der Waals surface area contributed by atoms with E-state index < -0.39 is 17.4 Å². The molecule has 0 amide bonds. The lowest BCUT2D eigenvalue weighted by molar-refractivity contribution is -0.141. The van der Waals surface area contributed by atoms with Gasteiger partial charge in [0.05, 0.1) is 11.9 Å². The predicted octanol–water partition coefficient (Wildman–Crippen LogP) is 3.32. The van der Waals surface area contributed by atoms with E-state index in [0.717, 1.165) is 56.4 Å². The van der Waals surface area contributed by atoms with E-state index in [1.54, 1.807) is 0 Å². The van der Waals surface area contributed by atoms with E-state index in [-0.39, 0.29) is 5.92 Å². The fourth-order valence-electron chi connectivity index (χ4n) is 4.27. The van der Waals surface area contributed by atoms with Crippen LogP contribution in [0.25, 0.3) is 0 Å². The molecule has 0 bridgehead atoms. The highest BCUT2D eigenvalue weighted by molar-refractivity contribution is 5.56. The molecule has 0 N–H and O–H groups in total. The maximum Gasteiger partial charge on any atom is 0.433 e. The maximum absolute atomic E-state index is 12.7. The fourth-order valence-corrected chi connectivity index (χ4v) is 4.27. The van der Waals surface area contributed by atoms with Gasteiger partial charge in [0.15, 0.2) is 5.69 Å². The summed E-state index contributed by atoms with van der Waals surface area (Å²) in [5.74, 6) is 0.880. The number of piperidine rings is 1. The Morgan fingerprint density at radius 1 is 1.17 bits per heavy atom. The van der Waals surface area contributed by atoms with Gasteiger partial charge < -0.3 is 4.90 Å². The molecule has 0 radical (unpaired) electrons. The molecule has 9 heteroatoms. The van der Waals surface area contributed by atoms with Gasteiger partial charge in [-0.1, -0.05) is 0 Å². The Hall–Kier alpha value is -2.89. The van der Waals surface area contributed by atoms with Gasteiger partial charge >= 0.3 is 6.18 Å². The minimum Gasteiger partial charge on any atom is -0.355 e. The average molecular weight is 417 g/mol. The highest BCUT2D eigenvalue weighted by Gasteiger charge is 2.33. The van der Waals surface area contributed by atoms with Crippen molar-refractivity contribution in [3.63, 3.8) is 0 Å². The molecule has 3 heterocycles. The van der Waals surface area contributed by atoms with Gasteiger partial charge in [-0.3, -0.25) is 9.36 Å². The Balaban J connectivity index is 1.44. The lowest BCUT2D eigenvalue weighted by atomic mass is 9.93. The van der Waals surface area contributed by atoms with Crippen molar-refractivity contribution in [2.75, 3.05) is 18.0 Å². The first-order chi connectivity index (χ1) is 14.3. The zero-order valence-corrected chi connectivity index (χ0v) is 16.5. The van der Waals surface area contributed by atoms with Gasteiger partial charge in [-0.05, 0) is 56.1 Å². The number of nitriles is 1. The van der Waals surface area contributed by atoms with Crippen molar-refractivity contribution in [2.24, 2.45) is 5.92 Å². The Labute approximate surface area is 172 Å². The van der Waals surface area contributed by atoms with Crippen molar-refractivity contribution in [1.82, 2.24) is 14.5 Å². The van der Waals surface area contributed by atoms with Crippen LogP contribution in [0.3, 0.4) is 0 Å². The fraction of sp³-hybridized carbons (Fsp3) is 0.524. The molecule has 158 valence electrons. The van der Waals surface area contributed by atoms with E-state index >= 15 is 0 Å². The molecule has 4 rings (SSSR count). The second-order valence-electron chi connectivity index (χ2n) is 7.98. The third-order valence-electron chi connectivity index (χ3n) is 5.94. The van der Waals surface area contributed by atoms with Crippen LogP contribution in [0.15, 0.2) is 23.3 Å². The zero-order chi connectivity index (χ0) is 21.3. The molecule has 1 aliphatic carbocycles. The van der Waals surface area contributed by atoms with Gasteiger partial charge in [-0.25, -0.2) is 9.97 Å². The van der Waals surface area contributed by atoms with Crippen LogP contribution in [-0.2, 0) is 25.6 Å². The summed E-state index contributed by atoms with van der Waals surface area (Å²) in [6.07, 6.45) is 2.03. The minimum absolute atomic E-state index is 0.153. The second kappa shape index (κ2) is 8.09. The molecule has 1 aliphatic heterocycles. The monoisotopic (exact) mass is 417 g/mol. The first kappa shape index (κ1) is 20.4. The Morgan fingerprint density at radius 2 is 1.90 bits per heavy atom. The molecule has 2 aromatic heterocycles. The number of halogens is 3. The number of aromatic nitrogens is 3. The second-order valence-corrected chi connectivity index (χ2v) is 7.98. The minimum atomic E-state index is -4.62. The zero-order valence-electron chi connectivity index (χ0n) is 16.5. The van der Waals surface area contributed by atoms with Crippen molar-refractivity contribution in [3.05, 3.63) is 51.3 Å². The van der Waals surface area contributed by atoms with Crippen LogP contribution in [0.5, 0.6) is 0 Å². The van der Waals surface area contributed by atoms with E-state index in [2.05, 4.69) is 16.0 Å². The Morgan fingerprint density at radius 3 is 2.57 bits per heavy atom. The first-order valence-corrected chi connectivity index (χ1v) is 10.2. The van der Waals surface area contributed by atoms with Crippen LogP contribution in [0.4, 0.5) is 19.0 Å². The standard InChI is InChI=1S/C21H22F3N5O/c22-21(23,24)18-10-19(30)29(13-26-18)12-14-5-7-28(8-6-14)20-16(11-25)9-15-3-1-2-4-17(15)27-20/h9-10,13-14H,1-8,12H2. The van der Waals surface area contributed by atoms with Crippen molar-refractivity contribution < 1.29 is 13.2 Å². The van der Waals surface area contributed by atoms with E-state index in [0.29, 0.717) is 31.3 Å². The third-order valence-corrected chi connectivity index (χ3v) is 5.94. The number of pyridine rings is 1. The number of rotatable bonds is 3. The van der Waals surface area contributed by atoms with Gasteiger partial charge in [-0.2, -0.15) is 18.4 Å². The van der Waals surface area contributed by atoms with Crippen LogP contribution >= 0.6 is 0 Å². The average Bonchev–Trinajstić information content (AvgIpc) is 2.74. The molecular weight excluding hydrogens is 395 g/mol. The highest BCUT2D eigenvalue weighted by atomic mass is 19.4. The van der Waals surface area contributed by atoms with E-state index in [1.807, 2.05) is 6.07 Å². The number of anilines is 1. The van der Waals surface area contributed by atoms with E-state index in [9.17, 15) is 23.2 Å². The molecule has 1 saturated heterocycles. The van der Waals surface area contributed by atoms with Gasteiger partial charge in [0.25, 0.3) is 5.56 Å². The third kappa shape index (κ3) is 4.18. The quantitative estimate of drug-likeness (QED) is 0.766. The van der Waals surface area contributed by atoms with Crippen molar-refractivity contribution in [2.45, 2.75) is 51.2 Å². The smallest absolute Gasteiger partial charge is 0.355 e. The summed E-state index contributed by atoms with van der Waals surface area (Å²) >= 11 is 0. The van der Waals surface area contributed by atoms with Crippen LogP contribution in [0.2, 0.25) is 0 Å². The normalized spacial score (nSPS) is 17.5. The van der Waals surface area contributed by atoms with E-state index in [4.69, 9.17) is 4.98 Å². The number of nitrogens with zero attached hydrogens (tertiary/aromatic N) is 5. The predicted molar refractivity (Wildman–Crippen MR) is 104 cm³/mol. The molecule has 1 fully saturated rings. The Bertz CT molecular complexity index is 1030. The van der Waals surface area contributed by atoms with Gasteiger partial charge in [0.2, 0.25) is 0 Å². The van der Waals surface area contributed by atoms with Crippen molar-refractivity contribution in [3.8, 4) is 6.07 Å². The molecule has 0 aromatic carbocycles. The van der Waals surface area contributed by atoms with Gasteiger partial charge in [0, 0.05) is 31.4 Å². The molecule has 0 spiro atoms. The van der Waals surface area contributed by atoms with Crippen LogP contribution in [0, 0.1) is 17.2 Å². The topological polar surface area (TPSA) is 74.8 Å². The number of alkyl halides is 3. The van der Waals surface area contributed by atoms with Crippen LogP contribution < -0.4 is 10.5 Å². The summed E-state index contributed by atoms with van der Waals surface area (Å²) in [6.45, 7) is 1.71. The largest absolute Gasteiger partial charge is 0.433 e. The summed E-state index contributed by atoms with van der Waals surface area (Å²) < 4.78 is 39.3. The molecule has 2 aromatic rings. The molecule has 0 atom stereocenters. The summed E-state index contributed by atoms with van der Waals surface area (Å²) in [5.41, 5.74) is 0.992. The lowest BCUT2D eigenvalue weighted by Gasteiger charge is -2.34. The lowest BCUT2D eigenvalue weighted by Crippen LogP contribution is -2.37. The number of aryl methyl sites for hydroxylation is 2. The van der Waals surface area contributed by atoms with Gasteiger partial charge in [0.1, 0.15) is 11.9 Å². The molecular formula is C21H22F3N5O.